The van der Waals surface area contributed by atoms with Crippen molar-refractivity contribution in [3.8, 4) is 0 Å². The first-order valence-electron chi connectivity index (χ1n) is 5.79. The van der Waals surface area contributed by atoms with Crippen LogP contribution in [0, 0.1) is 27.7 Å². The summed E-state index contributed by atoms with van der Waals surface area (Å²) in [5.74, 6) is -0.493. The lowest BCUT2D eigenvalue weighted by atomic mass is 10.3. The molecule has 0 aromatic carbocycles. The zero-order valence-electron chi connectivity index (χ0n) is 11.5. The van der Waals surface area contributed by atoms with Crippen molar-refractivity contribution in [1.82, 2.24) is 9.88 Å². The van der Waals surface area contributed by atoms with E-state index in [9.17, 15) is 13.2 Å². The van der Waals surface area contributed by atoms with Crippen molar-refractivity contribution in [2.75, 3.05) is 0 Å². The van der Waals surface area contributed by atoms with Crippen molar-refractivity contribution >= 4 is 27.3 Å². The molecule has 2 rings (SSSR count). The van der Waals surface area contributed by atoms with Crippen LogP contribution in [0.4, 0.5) is 0 Å². The van der Waals surface area contributed by atoms with Crippen LogP contribution in [0.2, 0.25) is 0 Å². The quantitative estimate of drug-likeness (QED) is 0.937. The Kier molecular flexibility index (Phi) is 3.70. The van der Waals surface area contributed by atoms with E-state index in [0.717, 1.165) is 10.4 Å². The van der Waals surface area contributed by atoms with Crippen molar-refractivity contribution < 1.29 is 17.7 Å². The van der Waals surface area contributed by atoms with Gasteiger partial charge in [0.25, 0.3) is 15.9 Å². The van der Waals surface area contributed by atoms with E-state index >= 15 is 0 Å². The van der Waals surface area contributed by atoms with Gasteiger partial charge in [0.05, 0.1) is 4.88 Å². The molecule has 8 heteroatoms. The van der Waals surface area contributed by atoms with E-state index in [1.54, 1.807) is 6.07 Å². The third-order valence-corrected chi connectivity index (χ3v) is 5.58. The topological polar surface area (TPSA) is 89.3 Å². The van der Waals surface area contributed by atoms with Gasteiger partial charge in [-0.1, -0.05) is 5.16 Å². The van der Waals surface area contributed by atoms with Gasteiger partial charge in [0.1, 0.15) is 5.69 Å². The SMILES string of the molecule is Cc1cc(C(=O)NS(=O)(=O)c2c(C)noc2C)sc1C. The van der Waals surface area contributed by atoms with E-state index in [0.29, 0.717) is 4.88 Å². The van der Waals surface area contributed by atoms with Gasteiger partial charge in [0.2, 0.25) is 0 Å². The largest absolute Gasteiger partial charge is 0.360 e. The van der Waals surface area contributed by atoms with Crippen LogP contribution in [0.15, 0.2) is 15.5 Å². The molecular formula is C12H14N2O4S2. The fourth-order valence-electron chi connectivity index (χ4n) is 1.77. The van der Waals surface area contributed by atoms with Gasteiger partial charge in [0.15, 0.2) is 10.7 Å². The lowest BCUT2D eigenvalue weighted by molar-refractivity contribution is 0.0985. The van der Waals surface area contributed by atoms with Crippen molar-refractivity contribution in [2.24, 2.45) is 0 Å². The molecule has 0 fully saturated rings. The van der Waals surface area contributed by atoms with Crippen molar-refractivity contribution in [1.29, 1.82) is 0 Å². The Morgan fingerprint density at radius 3 is 2.40 bits per heavy atom. The van der Waals surface area contributed by atoms with Crippen LogP contribution in [0.1, 0.15) is 31.6 Å². The summed E-state index contributed by atoms with van der Waals surface area (Å²) < 4.78 is 31.2. The first-order valence-corrected chi connectivity index (χ1v) is 8.09. The van der Waals surface area contributed by atoms with Crippen molar-refractivity contribution in [2.45, 2.75) is 32.6 Å². The lowest BCUT2D eigenvalue weighted by Crippen LogP contribution is -2.30. The average Bonchev–Trinajstić information content (AvgIpc) is 2.83. The van der Waals surface area contributed by atoms with Crippen LogP contribution in [-0.2, 0) is 10.0 Å². The Bertz CT molecular complexity index is 732. The number of thiophene rings is 1. The molecule has 108 valence electrons. The predicted octanol–water partition coefficient (Wildman–Crippen LogP) is 2.09. The summed E-state index contributed by atoms with van der Waals surface area (Å²) in [6.07, 6.45) is 0. The van der Waals surface area contributed by atoms with E-state index < -0.39 is 15.9 Å². The summed E-state index contributed by atoms with van der Waals surface area (Å²) >= 11 is 1.25. The second kappa shape index (κ2) is 5.02. The first kappa shape index (κ1) is 14.7. The minimum absolute atomic E-state index is 0.0872. The molecule has 0 aliphatic carbocycles. The molecule has 2 aromatic rings. The number of nitrogens with one attached hydrogen (secondary N) is 1. The number of nitrogens with zero attached hydrogens (tertiary/aromatic N) is 1. The summed E-state index contributed by atoms with van der Waals surface area (Å²) in [7, 11) is -3.98. The number of rotatable bonds is 3. The van der Waals surface area contributed by atoms with Gasteiger partial charge in [-0.2, -0.15) is 0 Å². The summed E-state index contributed by atoms with van der Waals surface area (Å²) in [6, 6.07) is 1.66. The average molecular weight is 314 g/mol. The molecule has 0 saturated carbocycles. The fourth-order valence-corrected chi connectivity index (χ4v) is 4.06. The lowest BCUT2D eigenvalue weighted by Gasteiger charge is -2.04. The molecule has 0 bridgehead atoms. The summed E-state index contributed by atoms with van der Waals surface area (Å²) in [5.41, 5.74) is 1.18. The zero-order valence-corrected chi connectivity index (χ0v) is 13.1. The van der Waals surface area contributed by atoms with E-state index in [4.69, 9.17) is 4.52 Å². The van der Waals surface area contributed by atoms with Crippen molar-refractivity contribution in [3.05, 3.63) is 32.8 Å². The Morgan fingerprint density at radius 1 is 1.30 bits per heavy atom. The Labute approximate surface area is 120 Å². The highest BCUT2D eigenvalue weighted by Crippen LogP contribution is 2.22. The van der Waals surface area contributed by atoms with Crippen LogP contribution in [0.5, 0.6) is 0 Å². The molecule has 0 aliphatic heterocycles. The van der Waals surface area contributed by atoms with Gasteiger partial charge < -0.3 is 4.52 Å². The highest BCUT2D eigenvalue weighted by Gasteiger charge is 2.27. The molecule has 2 aromatic heterocycles. The number of sulfonamides is 1. The third-order valence-electron chi connectivity index (χ3n) is 2.85. The van der Waals surface area contributed by atoms with E-state index in [1.807, 2.05) is 18.6 Å². The monoisotopic (exact) mass is 314 g/mol. The standard InChI is InChI=1S/C12H14N2O4S2/c1-6-5-10(19-9(6)4)12(15)14-20(16,17)11-7(2)13-18-8(11)3/h5H,1-4H3,(H,14,15). The normalized spacial score (nSPS) is 11.6. The number of carbonyl (C=O) groups is 1. The molecule has 0 aliphatic rings. The molecule has 0 saturated heterocycles. The van der Waals surface area contributed by atoms with Gasteiger partial charge in [0, 0.05) is 4.88 Å². The van der Waals surface area contributed by atoms with Gasteiger partial charge in [-0.05, 0) is 39.3 Å². The highest BCUT2D eigenvalue weighted by molar-refractivity contribution is 7.90. The van der Waals surface area contributed by atoms with Crippen molar-refractivity contribution in [3.63, 3.8) is 0 Å². The molecule has 0 atom stereocenters. The molecular weight excluding hydrogens is 300 g/mol. The Morgan fingerprint density at radius 2 is 1.95 bits per heavy atom. The van der Waals surface area contributed by atoms with Crippen LogP contribution in [-0.4, -0.2) is 19.5 Å². The molecule has 1 amide bonds. The second-order valence-electron chi connectivity index (χ2n) is 4.44. The number of aryl methyl sites for hydroxylation is 4. The number of hydrogen-bond acceptors (Lipinski definition) is 6. The molecule has 1 N–H and O–H groups in total. The predicted molar refractivity (Wildman–Crippen MR) is 74.4 cm³/mol. The fraction of sp³-hybridized carbons (Fsp3) is 0.333. The van der Waals surface area contributed by atoms with Crippen LogP contribution in [0.3, 0.4) is 0 Å². The van der Waals surface area contributed by atoms with E-state index in [2.05, 4.69) is 5.16 Å². The van der Waals surface area contributed by atoms with E-state index in [-0.39, 0.29) is 16.3 Å². The van der Waals surface area contributed by atoms with Gasteiger partial charge in [-0.25, -0.2) is 13.1 Å². The second-order valence-corrected chi connectivity index (χ2v) is 7.31. The molecule has 0 unspecified atom stereocenters. The molecule has 2 heterocycles. The molecule has 20 heavy (non-hydrogen) atoms. The summed E-state index contributed by atoms with van der Waals surface area (Å²) in [4.78, 5) is 13.3. The van der Waals surface area contributed by atoms with Crippen LogP contribution >= 0.6 is 11.3 Å². The van der Waals surface area contributed by atoms with Crippen LogP contribution < -0.4 is 4.72 Å². The van der Waals surface area contributed by atoms with E-state index in [1.165, 1.54) is 25.2 Å². The Balaban J connectivity index is 2.32. The third kappa shape index (κ3) is 2.61. The maximum atomic E-state index is 12.2. The first-order chi connectivity index (χ1) is 9.22. The molecule has 0 radical (unpaired) electrons. The minimum Gasteiger partial charge on any atom is -0.360 e. The Hall–Kier alpha value is -1.67. The number of carbonyl (C=O) groups excluding carboxylic acids is 1. The smallest absolute Gasteiger partial charge is 0.275 e. The molecule has 0 spiro atoms. The highest BCUT2D eigenvalue weighted by atomic mass is 32.2. The summed E-state index contributed by atoms with van der Waals surface area (Å²) in [6.45, 7) is 6.73. The van der Waals surface area contributed by atoms with Gasteiger partial charge >= 0.3 is 0 Å². The number of amides is 1. The van der Waals surface area contributed by atoms with Gasteiger partial charge in [-0.15, -0.1) is 11.3 Å². The molecule has 6 nitrogen and oxygen atoms in total. The number of hydrogen-bond donors (Lipinski definition) is 1. The summed E-state index contributed by atoms with van der Waals surface area (Å²) in [5, 5.41) is 3.58. The van der Waals surface area contributed by atoms with Crippen LogP contribution in [0.25, 0.3) is 0 Å². The maximum Gasteiger partial charge on any atom is 0.275 e. The van der Waals surface area contributed by atoms with Gasteiger partial charge in [-0.3, -0.25) is 4.79 Å². The zero-order chi connectivity index (χ0) is 15.1. The maximum absolute atomic E-state index is 12.2. The minimum atomic E-state index is -3.98. The number of aromatic nitrogens is 1.